The molecule has 1 heterocycles. The molecule has 0 aromatic carbocycles. The van der Waals surface area contributed by atoms with E-state index in [0.717, 1.165) is 24.5 Å². The Labute approximate surface area is 84.2 Å². The van der Waals surface area contributed by atoms with E-state index in [-0.39, 0.29) is 12.0 Å². The van der Waals surface area contributed by atoms with Gasteiger partial charge in [0.15, 0.2) is 0 Å². The highest BCUT2D eigenvalue weighted by Gasteiger charge is 2.33. The minimum atomic E-state index is -1.05. The van der Waals surface area contributed by atoms with E-state index < -0.39 is 6.09 Å². The molecule has 5 heteroatoms. The first-order chi connectivity index (χ1) is 6.54. The van der Waals surface area contributed by atoms with Crippen molar-refractivity contribution in [3.8, 4) is 0 Å². The number of carboxylic acid groups (broad SMARTS) is 1. The Hall–Kier alpha value is -0.810. The van der Waals surface area contributed by atoms with E-state index in [1.807, 2.05) is 13.8 Å². The molecule has 1 aliphatic heterocycles. The lowest BCUT2D eigenvalue weighted by molar-refractivity contribution is 0.0874. The molecule has 1 amide bonds. The van der Waals surface area contributed by atoms with Crippen molar-refractivity contribution in [2.75, 3.05) is 13.1 Å². The van der Waals surface area contributed by atoms with E-state index in [2.05, 4.69) is 5.32 Å². The zero-order valence-electron chi connectivity index (χ0n) is 8.73. The molecule has 4 N–H and O–H groups in total. The molecule has 5 nitrogen and oxygen atoms in total. The summed E-state index contributed by atoms with van der Waals surface area (Å²) in [7, 11) is 0. The minimum Gasteiger partial charge on any atom is -0.464 e. The van der Waals surface area contributed by atoms with Crippen molar-refractivity contribution in [2.24, 2.45) is 17.7 Å². The zero-order chi connectivity index (χ0) is 10.7. The first kappa shape index (κ1) is 11.3. The second kappa shape index (κ2) is 4.61. The normalized spacial score (nSPS) is 23.9. The summed E-state index contributed by atoms with van der Waals surface area (Å²) in [6, 6.07) is -0.0810. The van der Waals surface area contributed by atoms with E-state index in [0.29, 0.717) is 5.92 Å². The fourth-order valence-electron chi connectivity index (χ4n) is 2.19. The van der Waals surface area contributed by atoms with Crippen molar-refractivity contribution in [3.05, 3.63) is 0 Å². The number of carbonyl (C=O) groups is 1. The Kier molecular flexibility index (Phi) is 3.71. The van der Waals surface area contributed by atoms with Gasteiger partial charge in [-0.25, -0.2) is 15.6 Å². The number of nitrogens with zero attached hydrogens (tertiary/aromatic N) is 1. The van der Waals surface area contributed by atoms with Crippen LogP contribution in [0.5, 0.6) is 0 Å². The van der Waals surface area contributed by atoms with Crippen LogP contribution in [0.2, 0.25) is 0 Å². The summed E-state index contributed by atoms with van der Waals surface area (Å²) in [6.07, 6.45) is -0.0419. The Bertz CT molecular complexity index is 202. The summed E-state index contributed by atoms with van der Waals surface area (Å²) < 4.78 is 0. The minimum absolute atomic E-state index is 0.0810. The number of hydrogen-bond acceptors (Lipinski definition) is 3. The molecule has 1 aliphatic rings. The summed E-state index contributed by atoms with van der Waals surface area (Å²) >= 11 is 0. The lowest BCUT2D eigenvalue weighted by Gasteiger charge is -2.32. The Morgan fingerprint density at radius 3 is 2.64 bits per heavy atom. The van der Waals surface area contributed by atoms with Gasteiger partial charge < -0.3 is 10.4 Å². The lowest BCUT2D eigenvalue weighted by Crippen LogP contribution is -2.51. The van der Waals surface area contributed by atoms with Crippen molar-refractivity contribution in [1.29, 1.82) is 0 Å². The molecule has 1 saturated heterocycles. The highest BCUT2D eigenvalue weighted by molar-refractivity contribution is 5.64. The van der Waals surface area contributed by atoms with Crippen molar-refractivity contribution < 1.29 is 9.90 Å². The maximum absolute atomic E-state index is 10.8. The number of hydrazine groups is 1. The molecule has 0 aliphatic carbocycles. The third-order valence-corrected chi connectivity index (χ3v) is 2.81. The van der Waals surface area contributed by atoms with Gasteiger partial charge in [-0.1, -0.05) is 13.8 Å². The van der Waals surface area contributed by atoms with E-state index >= 15 is 0 Å². The number of rotatable bonds is 3. The maximum Gasteiger partial charge on any atom is 0.421 e. The fourth-order valence-corrected chi connectivity index (χ4v) is 2.19. The highest BCUT2D eigenvalue weighted by atomic mass is 16.4. The molecule has 0 radical (unpaired) electrons. The lowest BCUT2D eigenvalue weighted by atomic mass is 9.89. The monoisotopic (exact) mass is 201 g/mol. The highest BCUT2D eigenvalue weighted by Crippen LogP contribution is 2.22. The standard InChI is InChI=1S/C9H19N3O2/c1-6(2)8(12(10)9(13)14)7-3-4-11-5-7/h6-8,11H,3-5,10H2,1-2H3,(H,13,14)/t7-,8?/m0/s1. The summed E-state index contributed by atoms with van der Waals surface area (Å²) in [5.74, 6) is 6.14. The zero-order valence-corrected chi connectivity index (χ0v) is 8.73. The SMILES string of the molecule is CC(C)C([C@H]1CCNC1)N(N)C(=O)O. The maximum atomic E-state index is 10.8. The number of nitrogens with two attached hydrogens (primary N) is 1. The van der Waals surface area contributed by atoms with Crippen LogP contribution in [-0.4, -0.2) is 35.3 Å². The van der Waals surface area contributed by atoms with Gasteiger partial charge in [0.05, 0.1) is 6.04 Å². The molecule has 1 fully saturated rings. The summed E-state index contributed by atoms with van der Waals surface area (Å²) in [6.45, 7) is 5.84. The van der Waals surface area contributed by atoms with Gasteiger partial charge in [0, 0.05) is 6.54 Å². The second-order valence-corrected chi connectivity index (χ2v) is 4.18. The third-order valence-electron chi connectivity index (χ3n) is 2.81. The van der Waals surface area contributed by atoms with Crippen LogP contribution in [0, 0.1) is 11.8 Å². The summed E-state index contributed by atoms with van der Waals surface area (Å²) in [5, 5.41) is 13.0. The predicted molar refractivity (Wildman–Crippen MR) is 53.7 cm³/mol. The Morgan fingerprint density at radius 2 is 2.29 bits per heavy atom. The van der Waals surface area contributed by atoms with E-state index in [1.165, 1.54) is 0 Å². The van der Waals surface area contributed by atoms with Gasteiger partial charge in [0.1, 0.15) is 0 Å². The van der Waals surface area contributed by atoms with Crippen molar-refractivity contribution in [1.82, 2.24) is 10.3 Å². The third kappa shape index (κ3) is 2.36. The van der Waals surface area contributed by atoms with Gasteiger partial charge in [-0.15, -0.1) is 0 Å². The van der Waals surface area contributed by atoms with Crippen LogP contribution in [-0.2, 0) is 0 Å². The van der Waals surface area contributed by atoms with Crippen molar-refractivity contribution in [3.63, 3.8) is 0 Å². The van der Waals surface area contributed by atoms with Crippen molar-refractivity contribution >= 4 is 6.09 Å². The van der Waals surface area contributed by atoms with Crippen LogP contribution < -0.4 is 11.2 Å². The number of amides is 1. The second-order valence-electron chi connectivity index (χ2n) is 4.18. The molecule has 0 aromatic heterocycles. The topological polar surface area (TPSA) is 78.6 Å². The van der Waals surface area contributed by atoms with Crippen LogP contribution in [0.4, 0.5) is 4.79 Å². The fraction of sp³-hybridized carbons (Fsp3) is 0.889. The predicted octanol–water partition coefficient (Wildman–Crippen LogP) is 0.474. The molecule has 14 heavy (non-hydrogen) atoms. The van der Waals surface area contributed by atoms with Crippen molar-refractivity contribution in [2.45, 2.75) is 26.3 Å². The molecule has 2 atom stereocenters. The van der Waals surface area contributed by atoms with E-state index in [1.54, 1.807) is 0 Å². The van der Waals surface area contributed by atoms with Crippen LogP contribution in [0.15, 0.2) is 0 Å². The van der Waals surface area contributed by atoms with Crippen LogP contribution >= 0.6 is 0 Å². The average Bonchev–Trinajstić information content (AvgIpc) is 2.56. The molecule has 0 spiro atoms. The van der Waals surface area contributed by atoms with Gasteiger partial charge in [0.2, 0.25) is 0 Å². The molecule has 82 valence electrons. The largest absolute Gasteiger partial charge is 0.464 e. The van der Waals surface area contributed by atoms with E-state index in [9.17, 15) is 4.79 Å². The van der Waals surface area contributed by atoms with Crippen LogP contribution in [0.3, 0.4) is 0 Å². The van der Waals surface area contributed by atoms with E-state index in [4.69, 9.17) is 10.9 Å². The molecule has 1 rings (SSSR count). The molecule has 0 saturated carbocycles. The smallest absolute Gasteiger partial charge is 0.421 e. The first-order valence-electron chi connectivity index (χ1n) is 5.01. The molecule has 0 aromatic rings. The quantitative estimate of drug-likeness (QED) is 0.352. The van der Waals surface area contributed by atoms with Gasteiger partial charge in [0.25, 0.3) is 0 Å². The van der Waals surface area contributed by atoms with Gasteiger partial charge >= 0.3 is 6.09 Å². The number of hydrogen-bond donors (Lipinski definition) is 3. The van der Waals surface area contributed by atoms with Crippen LogP contribution in [0.1, 0.15) is 20.3 Å². The molecular formula is C9H19N3O2. The Morgan fingerprint density at radius 1 is 1.64 bits per heavy atom. The number of nitrogens with one attached hydrogen (secondary N) is 1. The molecule has 1 unspecified atom stereocenters. The molecule has 0 bridgehead atoms. The molecular weight excluding hydrogens is 182 g/mol. The summed E-state index contributed by atoms with van der Waals surface area (Å²) in [5.41, 5.74) is 0. The van der Waals surface area contributed by atoms with Gasteiger partial charge in [-0.3, -0.25) is 0 Å². The Balaban J connectivity index is 2.67. The van der Waals surface area contributed by atoms with Crippen LogP contribution in [0.25, 0.3) is 0 Å². The van der Waals surface area contributed by atoms with Gasteiger partial charge in [-0.2, -0.15) is 0 Å². The summed E-state index contributed by atoms with van der Waals surface area (Å²) in [4.78, 5) is 10.8. The first-order valence-corrected chi connectivity index (χ1v) is 5.01. The van der Waals surface area contributed by atoms with Gasteiger partial charge in [-0.05, 0) is 24.8 Å². The average molecular weight is 201 g/mol.